The van der Waals surface area contributed by atoms with E-state index in [9.17, 15) is 26.4 Å². The fourth-order valence-corrected chi connectivity index (χ4v) is 4.26. The van der Waals surface area contributed by atoms with Gasteiger partial charge in [-0.15, -0.1) is 11.3 Å². The number of rotatable bonds is 4. The first-order valence-electron chi connectivity index (χ1n) is 6.11. The van der Waals surface area contributed by atoms with E-state index in [2.05, 4.69) is 4.74 Å². The Bertz CT molecular complexity index is 878. The van der Waals surface area contributed by atoms with Crippen molar-refractivity contribution >= 4 is 44.6 Å². The molecule has 0 aliphatic carbocycles. The summed E-state index contributed by atoms with van der Waals surface area (Å²) in [6.45, 7) is 0. The van der Waals surface area contributed by atoms with Crippen molar-refractivity contribution in [3.8, 4) is 0 Å². The van der Waals surface area contributed by atoms with Crippen molar-refractivity contribution in [2.75, 3.05) is 11.8 Å². The van der Waals surface area contributed by atoms with Gasteiger partial charge in [-0.2, -0.15) is 13.2 Å². The number of sulfonamides is 1. The summed E-state index contributed by atoms with van der Waals surface area (Å²) in [6, 6.07) is 4.66. The molecule has 2 rings (SSSR count). The second-order valence-corrected chi connectivity index (χ2v) is 8.08. The lowest BCUT2D eigenvalue weighted by Crippen LogP contribution is -2.14. The normalized spacial score (nSPS) is 12.0. The van der Waals surface area contributed by atoms with Crippen LogP contribution in [0, 0.1) is 0 Å². The van der Waals surface area contributed by atoms with Crippen molar-refractivity contribution < 1.29 is 31.1 Å². The molecule has 0 atom stereocenters. The van der Waals surface area contributed by atoms with Crippen LogP contribution in [-0.4, -0.2) is 21.5 Å². The van der Waals surface area contributed by atoms with E-state index >= 15 is 0 Å². The summed E-state index contributed by atoms with van der Waals surface area (Å²) in [4.78, 5) is 11.5. The van der Waals surface area contributed by atoms with Gasteiger partial charge in [0.25, 0.3) is 10.0 Å². The minimum atomic E-state index is -4.77. The Labute approximate surface area is 144 Å². The molecule has 1 aromatic carbocycles. The van der Waals surface area contributed by atoms with Gasteiger partial charge in [0, 0.05) is 0 Å². The van der Waals surface area contributed by atoms with E-state index in [1.807, 2.05) is 4.72 Å². The molecule has 130 valence electrons. The number of halogens is 4. The van der Waals surface area contributed by atoms with Gasteiger partial charge in [-0.3, -0.25) is 4.72 Å². The van der Waals surface area contributed by atoms with Gasteiger partial charge in [0.15, 0.2) is 0 Å². The average molecular weight is 400 g/mol. The minimum absolute atomic E-state index is 0.176. The molecule has 1 aromatic heterocycles. The molecule has 1 heterocycles. The SMILES string of the molecule is COC(=O)c1cc(NS(=O)(=O)c2ccc(Cl)s2)cc(C(F)(F)F)c1. The largest absolute Gasteiger partial charge is 0.465 e. The number of alkyl halides is 3. The van der Waals surface area contributed by atoms with Crippen LogP contribution in [0.15, 0.2) is 34.5 Å². The molecular weight excluding hydrogens is 391 g/mol. The predicted molar refractivity (Wildman–Crippen MR) is 82.9 cm³/mol. The van der Waals surface area contributed by atoms with E-state index < -0.39 is 39.0 Å². The van der Waals surface area contributed by atoms with Crippen molar-refractivity contribution in [1.29, 1.82) is 0 Å². The summed E-state index contributed by atoms with van der Waals surface area (Å²) in [5.41, 5.74) is -2.05. The lowest BCUT2D eigenvalue weighted by Gasteiger charge is -2.12. The molecule has 0 bridgehead atoms. The molecule has 1 N–H and O–H groups in total. The quantitative estimate of drug-likeness (QED) is 0.788. The fraction of sp³-hybridized carbons (Fsp3) is 0.154. The standard InChI is InChI=1S/C13H9ClF3NO4S2/c1-22-12(19)7-4-8(13(15,16)17)6-9(5-7)18-24(20,21)11-3-2-10(14)23-11/h2-6,18H,1H3. The second-order valence-electron chi connectivity index (χ2n) is 4.45. The molecule has 24 heavy (non-hydrogen) atoms. The smallest absolute Gasteiger partial charge is 0.416 e. The Balaban J connectivity index is 2.47. The number of hydrogen-bond acceptors (Lipinski definition) is 5. The van der Waals surface area contributed by atoms with Crippen LogP contribution in [0.4, 0.5) is 18.9 Å². The van der Waals surface area contributed by atoms with Crippen molar-refractivity contribution in [2.45, 2.75) is 10.4 Å². The van der Waals surface area contributed by atoms with Gasteiger partial charge in [-0.1, -0.05) is 11.6 Å². The molecule has 0 amide bonds. The Kier molecular flexibility index (Phi) is 5.11. The number of ether oxygens (including phenoxy) is 1. The van der Waals surface area contributed by atoms with Crippen LogP contribution in [0.1, 0.15) is 15.9 Å². The Morgan fingerprint density at radius 2 is 1.92 bits per heavy atom. The first-order valence-corrected chi connectivity index (χ1v) is 8.79. The molecule has 2 aromatic rings. The fourth-order valence-electron chi connectivity index (χ4n) is 1.73. The van der Waals surface area contributed by atoms with Crippen LogP contribution in [0.3, 0.4) is 0 Å². The Morgan fingerprint density at radius 1 is 1.25 bits per heavy atom. The number of methoxy groups -OCH3 is 1. The predicted octanol–water partition coefficient (Wildman–Crippen LogP) is 4.01. The third-order valence-corrected chi connectivity index (χ3v) is 5.85. The highest BCUT2D eigenvalue weighted by Crippen LogP contribution is 2.33. The number of anilines is 1. The van der Waals surface area contributed by atoms with Crippen LogP contribution in [0.25, 0.3) is 0 Å². The molecule has 0 fully saturated rings. The van der Waals surface area contributed by atoms with Crippen LogP contribution in [0.2, 0.25) is 4.34 Å². The summed E-state index contributed by atoms with van der Waals surface area (Å²) in [6.07, 6.45) is -4.77. The highest BCUT2D eigenvalue weighted by Gasteiger charge is 2.32. The molecule has 0 saturated carbocycles. The molecule has 0 spiro atoms. The van der Waals surface area contributed by atoms with E-state index in [-0.39, 0.29) is 8.55 Å². The highest BCUT2D eigenvalue weighted by molar-refractivity contribution is 7.94. The van der Waals surface area contributed by atoms with Crippen molar-refractivity contribution in [1.82, 2.24) is 0 Å². The van der Waals surface area contributed by atoms with Crippen molar-refractivity contribution in [2.24, 2.45) is 0 Å². The summed E-state index contributed by atoms with van der Waals surface area (Å²) < 4.78 is 69.5. The zero-order chi connectivity index (χ0) is 18.1. The van der Waals surface area contributed by atoms with E-state index in [0.29, 0.717) is 12.1 Å². The molecular formula is C13H9ClF3NO4S2. The van der Waals surface area contributed by atoms with Crippen LogP contribution >= 0.6 is 22.9 Å². The van der Waals surface area contributed by atoms with Gasteiger partial charge >= 0.3 is 12.1 Å². The van der Waals surface area contributed by atoms with Gasteiger partial charge in [-0.25, -0.2) is 13.2 Å². The number of thiophene rings is 1. The van der Waals surface area contributed by atoms with Gasteiger partial charge in [0.2, 0.25) is 0 Å². The maximum absolute atomic E-state index is 12.9. The molecule has 0 unspecified atom stereocenters. The first kappa shape index (κ1) is 18.6. The zero-order valence-corrected chi connectivity index (χ0v) is 14.2. The molecule has 11 heteroatoms. The maximum atomic E-state index is 12.9. The lowest BCUT2D eigenvalue weighted by atomic mass is 10.1. The summed E-state index contributed by atoms with van der Waals surface area (Å²) in [5, 5.41) is 0. The summed E-state index contributed by atoms with van der Waals surface area (Å²) in [7, 11) is -3.14. The zero-order valence-electron chi connectivity index (χ0n) is 11.8. The first-order chi connectivity index (χ1) is 11.0. The average Bonchev–Trinajstić information content (AvgIpc) is 2.92. The highest BCUT2D eigenvalue weighted by atomic mass is 35.5. The number of esters is 1. The van der Waals surface area contributed by atoms with Gasteiger partial charge < -0.3 is 4.74 Å². The second kappa shape index (κ2) is 6.61. The molecule has 0 aliphatic rings. The van der Waals surface area contributed by atoms with Crippen molar-refractivity contribution in [3.05, 3.63) is 45.8 Å². The number of hydrogen-bond donors (Lipinski definition) is 1. The third-order valence-electron chi connectivity index (χ3n) is 2.75. The van der Waals surface area contributed by atoms with Gasteiger partial charge in [0.1, 0.15) is 4.21 Å². The molecule has 5 nitrogen and oxygen atoms in total. The third kappa shape index (κ3) is 4.19. The van der Waals surface area contributed by atoms with E-state index in [4.69, 9.17) is 11.6 Å². The van der Waals surface area contributed by atoms with E-state index in [1.54, 1.807) is 0 Å². The Hall–Kier alpha value is -1.78. The summed E-state index contributed by atoms with van der Waals surface area (Å²) >= 11 is 6.40. The van der Waals surface area contributed by atoms with E-state index in [0.717, 1.165) is 24.5 Å². The number of carbonyl (C=O) groups excluding carboxylic acids is 1. The lowest BCUT2D eigenvalue weighted by molar-refractivity contribution is -0.137. The van der Waals surface area contributed by atoms with Crippen LogP contribution < -0.4 is 4.72 Å². The Morgan fingerprint density at radius 3 is 2.42 bits per heavy atom. The number of nitrogens with one attached hydrogen (secondary N) is 1. The monoisotopic (exact) mass is 399 g/mol. The van der Waals surface area contributed by atoms with Crippen molar-refractivity contribution in [3.63, 3.8) is 0 Å². The number of carbonyl (C=O) groups is 1. The van der Waals surface area contributed by atoms with Gasteiger partial charge in [-0.05, 0) is 30.3 Å². The summed E-state index contributed by atoms with van der Waals surface area (Å²) in [5.74, 6) is -1.03. The van der Waals surface area contributed by atoms with E-state index in [1.165, 1.54) is 12.1 Å². The topological polar surface area (TPSA) is 72.5 Å². The maximum Gasteiger partial charge on any atom is 0.416 e. The molecule has 0 saturated heterocycles. The van der Waals surface area contributed by atoms with Gasteiger partial charge in [0.05, 0.1) is 28.3 Å². The number of benzene rings is 1. The minimum Gasteiger partial charge on any atom is -0.465 e. The van der Waals surface area contributed by atoms with Crippen LogP contribution in [-0.2, 0) is 20.9 Å². The molecule has 0 radical (unpaired) electrons. The molecule has 0 aliphatic heterocycles. The van der Waals surface area contributed by atoms with Crippen LogP contribution in [0.5, 0.6) is 0 Å².